The van der Waals surface area contributed by atoms with Gasteiger partial charge in [0.1, 0.15) is 0 Å². The zero-order valence-corrected chi connectivity index (χ0v) is 15.7. The average molecular weight is 393 g/mol. The van der Waals surface area contributed by atoms with Crippen LogP contribution >= 0.6 is 11.8 Å². The van der Waals surface area contributed by atoms with E-state index in [1.165, 1.54) is 12.1 Å². The molecule has 0 atom stereocenters. The molecule has 4 rings (SSSR count). The molecule has 28 heavy (non-hydrogen) atoms. The molecule has 1 fully saturated rings. The lowest BCUT2D eigenvalue weighted by molar-refractivity contribution is -0.384. The Kier molecular flexibility index (Phi) is 4.48. The number of carbonyl (C=O) groups excluding carboxylic acids is 2. The van der Waals surface area contributed by atoms with Crippen molar-refractivity contribution in [2.45, 2.75) is 6.54 Å². The Labute approximate surface area is 164 Å². The fourth-order valence-electron chi connectivity index (χ4n) is 3.22. The Bertz CT molecular complexity index is 1170. The fourth-order valence-corrected chi connectivity index (χ4v) is 4.05. The van der Waals surface area contributed by atoms with Crippen LogP contribution in [-0.4, -0.2) is 25.5 Å². The van der Waals surface area contributed by atoms with Gasteiger partial charge < -0.3 is 4.57 Å². The Morgan fingerprint density at radius 1 is 1.14 bits per heavy atom. The van der Waals surface area contributed by atoms with Gasteiger partial charge in [-0.15, -0.1) is 0 Å². The van der Waals surface area contributed by atoms with Crippen molar-refractivity contribution in [1.29, 1.82) is 0 Å². The van der Waals surface area contributed by atoms with E-state index < -0.39 is 10.8 Å². The number of thioether (sulfide) groups is 1. The van der Waals surface area contributed by atoms with Crippen molar-refractivity contribution in [2.24, 2.45) is 7.05 Å². The van der Waals surface area contributed by atoms with Crippen LogP contribution in [0.3, 0.4) is 0 Å². The molecule has 0 unspecified atom stereocenters. The number of para-hydroxylation sites is 1. The van der Waals surface area contributed by atoms with E-state index in [0.717, 1.165) is 33.1 Å². The van der Waals surface area contributed by atoms with Gasteiger partial charge in [-0.3, -0.25) is 24.6 Å². The first-order chi connectivity index (χ1) is 13.4. The molecule has 1 aliphatic rings. The third-order valence-corrected chi connectivity index (χ3v) is 5.46. The normalized spacial score (nSPS) is 15.8. The number of rotatable bonds is 4. The van der Waals surface area contributed by atoms with Crippen LogP contribution in [0.5, 0.6) is 0 Å². The minimum atomic E-state index is -0.502. The standard InChI is InChI=1S/C20H15N3O4S/c1-21-12-14(16-7-2-3-8-17(16)21)10-18-19(24)22(20(25)28-18)11-13-5-4-6-15(9-13)23(26)27/h2-10,12H,11H2,1H3. The Morgan fingerprint density at radius 2 is 1.93 bits per heavy atom. The number of hydrogen-bond donors (Lipinski definition) is 0. The second-order valence-electron chi connectivity index (χ2n) is 6.41. The van der Waals surface area contributed by atoms with E-state index >= 15 is 0 Å². The number of fused-ring (bicyclic) bond motifs is 1. The van der Waals surface area contributed by atoms with Crippen LogP contribution < -0.4 is 0 Å². The lowest BCUT2D eigenvalue weighted by Gasteiger charge is -2.12. The molecule has 0 bridgehead atoms. The van der Waals surface area contributed by atoms with Crippen LogP contribution in [0.1, 0.15) is 11.1 Å². The summed E-state index contributed by atoms with van der Waals surface area (Å²) in [5, 5.41) is 11.5. The summed E-state index contributed by atoms with van der Waals surface area (Å²) in [5.41, 5.74) is 2.35. The maximum atomic E-state index is 12.8. The molecule has 7 nitrogen and oxygen atoms in total. The molecule has 0 aliphatic carbocycles. The monoisotopic (exact) mass is 393 g/mol. The van der Waals surface area contributed by atoms with Gasteiger partial charge in [0.15, 0.2) is 0 Å². The maximum Gasteiger partial charge on any atom is 0.293 e. The van der Waals surface area contributed by atoms with Gasteiger partial charge in [-0.25, -0.2) is 0 Å². The van der Waals surface area contributed by atoms with Crippen molar-refractivity contribution in [3.63, 3.8) is 0 Å². The van der Waals surface area contributed by atoms with E-state index in [2.05, 4.69) is 0 Å². The van der Waals surface area contributed by atoms with Crippen LogP contribution in [0.4, 0.5) is 10.5 Å². The summed E-state index contributed by atoms with van der Waals surface area (Å²) >= 11 is 0.880. The number of nitro groups is 1. The van der Waals surface area contributed by atoms with Crippen molar-refractivity contribution in [3.05, 3.63) is 80.9 Å². The molecule has 1 aliphatic heterocycles. The van der Waals surface area contributed by atoms with Crippen LogP contribution in [0.25, 0.3) is 17.0 Å². The first-order valence-electron chi connectivity index (χ1n) is 8.47. The SMILES string of the molecule is Cn1cc(C=C2SC(=O)N(Cc3cccc([N+](=O)[O-])c3)C2=O)c2ccccc21. The lowest BCUT2D eigenvalue weighted by atomic mass is 10.1. The highest BCUT2D eigenvalue weighted by Gasteiger charge is 2.35. The summed E-state index contributed by atoms with van der Waals surface area (Å²) in [6, 6.07) is 13.8. The topological polar surface area (TPSA) is 85.4 Å². The Balaban J connectivity index is 1.63. The zero-order valence-electron chi connectivity index (χ0n) is 14.9. The first kappa shape index (κ1) is 18.0. The summed E-state index contributed by atoms with van der Waals surface area (Å²) in [5.74, 6) is -0.394. The van der Waals surface area contributed by atoms with Crippen molar-refractivity contribution >= 4 is 45.6 Å². The lowest BCUT2D eigenvalue weighted by Crippen LogP contribution is -2.27. The molecule has 3 aromatic rings. The molecule has 0 N–H and O–H groups in total. The fraction of sp³-hybridized carbons (Fsp3) is 0.100. The highest BCUT2D eigenvalue weighted by Crippen LogP contribution is 2.35. The van der Waals surface area contributed by atoms with E-state index in [0.29, 0.717) is 10.5 Å². The molecule has 1 aromatic heterocycles. The van der Waals surface area contributed by atoms with Crippen LogP contribution in [-0.2, 0) is 18.4 Å². The molecule has 0 saturated carbocycles. The highest BCUT2D eigenvalue weighted by atomic mass is 32.2. The second kappa shape index (κ2) is 6.97. The smallest absolute Gasteiger partial charge is 0.293 e. The number of nitrogens with zero attached hydrogens (tertiary/aromatic N) is 3. The predicted octanol–water partition coefficient (Wildman–Crippen LogP) is 4.32. The molecular formula is C20H15N3O4S. The summed E-state index contributed by atoms with van der Waals surface area (Å²) in [7, 11) is 1.92. The van der Waals surface area contributed by atoms with Crippen molar-refractivity contribution in [2.75, 3.05) is 0 Å². The molecule has 0 spiro atoms. The minimum absolute atomic E-state index is 0.000770. The molecule has 1 saturated heterocycles. The number of aryl methyl sites for hydroxylation is 1. The Hall–Kier alpha value is -3.39. The number of hydrogen-bond acceptors (Lipinski definition) is 5. The van der Waals surface area contributed by atoms with Crippen molar-refractivity contribution in [1.82, 2.24) is 9.47 Å². The van der Waals surface area contributed by atoms with Crippen molar-refractivity contribution < 1.29 is 14.5 Å². The number of benzene rings is 2. The third kappa shape index (κ3) is 3.18. The number of non-ortho nitro benzene ring substituents is 1. The van der Waals surface area contributed by atoms with E-state index in [1.807, 2.05) is 42.1 Å². The molecular weight excluding hydrogens is 378 g/mol. The molecule has 2 heterocycles. The summed E-state index contributed by atoms with van der Waals surface area (Å²) in [4.78, 5) is 37.0. The van der Waals surface area contributed by atoms with Crippen LogP contribution in [0.15, 0.2) is 59.6 Å². The van der Waals surface area contributed by atoms with E-state index in [-0.39, 0.29) is 17.5 Å². The Morgan fingerprint density at radius 3 is 2.71 bits per heavy atom. The third-order valence-electron chi connectivity index (χ3n) is 4.55. The van der Waals surface area contributed by atoms with E-state index in [4.69, 9.17) is 0 Å². The van der Waals surface area contributed by atoms with E-state index in [1.54, 1.807) is 18.2 Å². The minimum Gasteiger partial charge on any atom is -0.350 e. The summed E-state index contributed by atoms with van der Waals surface area (Å²) < 4.78 is 1.97. The average Bonchev–Trinajstić information content (AvgIpc) is 3.14. The van der Waals surface area contributed by atoms with Gasteiger partial charge in [0.25, 0.3) is 16.8 Å². The summed E-state index contributed by atoms with van der Waals surface area (Å²) in [6.45, 7) is -0.000770. The van der Waals surface area contributed by atoms with Crippen LogP contribution in [0.2, 0.25) is 0 Å². The molecule has 140 valence electrons. The predicted molar refractivity (Wildman–Crippen MR) is 108 cm³/mol. The zero-order chi connectivity index (χ0) is 19.8. The number of aromatic nitrogens is 1. The molecule has 8 heteroatoms. The number of nitro benzene ring substituents is 1. The van der Waals surface area contributed by atoms with Gasteiger partial charge >= 0.3 is 0 Å². The largest absolute Gasteiger partial charge is 0.350 e. The second-order valence-corrected chi connectivity index (χ2v) is 7.40. The van der Waals surface area contributed by atoms with Gasteiger partial charge in [0.05, 0.1) is 16.4 Å². The quantitative estimate of drug-likeness (QED) is 0.374. The number of imide groups is 1. The van der Waals surface area contributed by atoms with Gasteiger partial charge in [-0.05, 0) is 29.5 Å². The van der Waals surface area contributed by atoms with Crippen LogP contribution in [0, 0.1) is 10.1 Å². The summed E-state index contributed by atoms with van der Waals surface area (Å²) in [6.07, 6.45) is 3.64. The number of amides is 2. The van der Waals surface area contributed by atoms with Gasteiger partial charge in [-0.2, -0.15) is 0 Å². The molecule has 2 aromatic carbocycles. The first-order valence-corrected chi connectivity index (χ1v) is 9.28. The molecule has 2 amide bonds. The maximum absolute atomic E-state index is 12.8. The van der Waals surface area contributed by atoms with Crippen molar-refractivity contribution in [3.8, 4) is 0 Å². The van der Waals surface area contributed by atoms with Gasteiger partial charge in [0, 0.05) is 41.8 Å². The highest BCUT2D eigenvalue weighted by molar-refractivity contribution is 8.18. The van der Waals surface area contributed by atoms with Gasteiger partial charge in [0.2, 0.25) is 0 Å². The number of carbonyl (C=O) groups is 2. The van der Waals surface area contributed by atoms with E-state index in [9.17, 15) is 19.7 Å². The van der Waals surface area contributed by atoms with Gasteiger partial charge in [-0.1, -0.05) is 30.3 Å². The molecule has 0 radical (unpaired) electrons.